The van der Waals surface area contributed by atoms with Gasteiger partial charge in [-0.1, -0.05) is 0 Å². The van der Waals surface area contributed by atoms with E-state index in [0.717, 1.165) is 16.4 Å². The van der Waals surface area contributed by atoms with Gasteiger partial charge in [-0.3, -0.25) is 10.1 Å². The minimum atomic E-state index is -3.96. The summed E-state index contributed by atoms with van der Waals surface area (Å²) in [5.41, 5.74) is -0.793. The number of hydrogen-bond acceptors (Lipinski definition) is 5. The Bertz CT molecular complexity index is 639. The second-order valence-corrected chi connectivity index (χ2v) is 5.65. The molecule has 102 valence electrons. The standard InChI is InChI=1S/C10H10FN3O4S/c1-13(6-2-5-12)19(17,18)8-3-4-10(14(15)16)9(11)7-8/h3-4,7H,2,6H2,1H3. The molecule has 0 aliphatic carbocycles. The third-order valence-electron chi connectivity index (χ3n) is 2.36. The van der Waals surface area contributed by atoms with Crippen molar-refractivity contribution in [1.29, 1.82) is 5.26 Å². The smallest absolute Gasteiger partial charge is 0.258 e. The maximum Gasteiger partial charge on any atom is 0.304 e. The van der Waals surface area contributed by atoms with E-state index in [1.165, 1.54) is 7.05 Å². The Kier molecular flexibility index (Phi) is 4.52. The van der Waals surface area contributed by atoms with Crippen LogP contribution in [-0.2, 0) is 10.0 Å². The van der Waals surface area contributed by atoms with Crippen LogP contribution in [0.15, 0.2) is 23.1 Å². The van der Waals surface area contributed by atoms with Crippen molar-refractivity contribution >= 4 is 15.7 Å². The van der Waals surface area contributed by atoms with Crippen molar-refractivity contribution in [2.24, 2.45) is 0 Å². The van der Waals surface area contributed by atoms with Gasteiger partial charge in [0.25, 0.3) is 0 Å². The Morgan fingerprint density at radius 2 is 2.16 bits per heavy atom. The van der Waals surface area contributed by atoms with Crippen LogP contribution in [0.25, 0.3) is 0 Å². The average molecular weight is 287 g/mol. The molecule has 0 amide bonds. The highest BCUT2D eigenvalue weighted by Gasteiger charge is 2.24. The molecule has 0 N–H and O–H groups in total. The van der Waals surface area contributed by atoms with Crippen molar-refractivity contribution in [2.45, 2.75) is 11.3 Å². The SMILES string of the molecule is CN(CCC#N)S(=O)(=O)c1ccc([N+](=O)[O-])c(F)c1. The summed E-state index contributed by atoms with van der Waals surface area (Å²) < 4.78 is 38.2. The van der Waals surface area contributed by atoms with Crippen LogP contribution >= 0.6 is 0 Å². The third-order valence-corrected chi connectivity index (χ3v) is 4.22. The second kappa shape index (κ2) is 5.73. The van der Waals surface area contributed by atoms with Gasteiger partial charge in [-0.15, -0.1) is 0 Å². The van der Waals surface area contributed by atoms with E-state index in [0.29, 0.717) is 6.07 Å². The summed E-state index contributed by atoms with van der Waals surface area (Å²) in [7, 11) is -2.71. The molecule has 0 fully saturated rings. The van der Waals surface area contributed by atoms with Crippen molar-refractivity contribution in [3.05, 3.63) is 34.1 Å². The molecule has 0 aliphatic rings. The Morgan fingerprint density at radius 3 is 2.63 bits per heavy atom. The number of nitro groups is 1. The quantitative estimate of drug-likeness (QED) is 0.599. The van der Waals surface area contributed by atoms with Crippen LogP contribution in [0.3, 0.4) is 0 Å². The van der Waals surface area contributed by atoms with Crippen LogP contribution in [0, 0.1) is 27.3 Å². The number of benzene rings is 1. The molecule has 1 aromatic rings. The Labute approximate surface area is 109 Å². The topological polar surface area (TPSA) is 104 Å². The summed E-state index contributed by atoms with van der Waals surface area (Å²) >= 11 is 0. The van der Waals surface area contributed by atoms with Crippen LogP contribution in [-0.4, -0.2) is 31.2 Å². The first kappa shape index (κ1) is 15.0. The average Bonchev–Trinajstić information content (AvgIpc) is 2.35. The lowest BCUT2D eigenvalue weighted by Gasteiger charge is -2.15. The van der Waals surface area contributed by atoms with Gasteiger partial charge in [0.1, 0.15) is 0 Å². The summed E-state index contributed by atoms with van der Waals surface area (Å²) in [5.74, 6) is -1.22. The molecule has 0 saturated carbocycles. The summed E-state index contributed by atoms with van der Waals surface area (Å²) in [5, 5.41) is 18.8. The van der Waals surface area contributed by atoms with Gasteiger partial charge >= 0.3 is 5.69 Å². The second-order valence-electron chi connectivity index (χ2n) is 3.61. The van der Waals surface area contributed by atoms with Crippen LogP contribution in [0.2, 0.25) is 0 Å². The molecule has 0 aliphatic heterocycles. The first-order valence-corrected chi connectivity index (χ1v) is 6.52. The fourth-order valence-electron chi connectivity index (χ4n) is 1.30. The largest absolute Gasteiger partial charge is 0.304 e. The van der Waals surface area contributed by atoms with E-state index >= 15 is 0 Å². The predicted octanol–water partition coefficient (Wildman–Crippen LogP) is 1.27. The summed E-state index contributed by atoms with van der Waals surface area (Å²) in [6.07, 6.45) is -0.00874. The zero-order valence-corrected chi connectivity index (χ0v) is 10.7. The molecule has 1 rings (SSSR count). The van der Waals surface area contributed by atoms with Crippen LogP contribution < -0.4 is 0 Å². The molecule has 0 atom stereocenters. The molecule has 0 bridgehead atoms. The van der Waals surface area contributed by atoms with E-state index in [1.807, 2.05) is 0 Å². The van der Waals surface area contributed by atoms with E-state index in [4.69, 9.17) is 5.26 Å². The van der Waals surface area contributed by atoms with Crippen LogP contribution in [0.1, 0.15) is 6.42 Å². The van der Waals surface area contributed by atoms with Gasteiger partial charge in [-0.2, -0.15) is 14.0 Å². The van der Waals surface area contributed by atoms with Crippen molar-refractivity contribution < 1.29 is 17.7 Å². The molecule has 0 radical (unpaired) electrons. The minimum Gasteiger partial charge on any atom is -0.258 e. The van der Waals surface area contributed by atoms with Crippen LogP contribution in [0.5, 0.6) is 0 Å². The van der Waals surface area contributed by atoms with E-state index < -0.39 is 31.3 Å². The highest BCUT2D eigenvalue weighted by molar-refractivity contribution is 7.89. The zero-order valence-electron chi connectivity index (χ0n) is 9.91. The molecule has 7 nitrogen and oxygen atoms in total. The fraction of sp³-hybridized carbons (Fsp3) is 0.300. The molecule has 0 saturated heterocycles. The van der Waals surface area contributed by atoms with E-state index in [2.05, 4.69) is 0 Å². The van der Waals surface area contributed by atoms with Crippen molar-refractivity contribution in [3.63, 3.8) is 0 Å². The number of nitriles is 1. The van der Waals surface area contributed by atoms with E-state index in [-0.39, 0.29) is 13.0 Å². The minimum absolute atomic E-state index is 0.00874. The first-order valence-electron chi connectivity index (χ1n) is 5.08. The van der Waals surface area contributed by atoms with E-state index in [1.54, 1.807) is 6.07 Å². The fourth-order valence-corrected chi connectivity index (χ4v) is 2.49. The van der Waals surface area contributed by atoms with Gasteiger partial charge < -0.3 is 0 Å². The van der Waals surface area contributed by atoms with Gasteiger partial charge in [0, 0.05) is 32.1 Å². The Hall–Kier alpha value is -2.05. The molecular weight excluding hydrogens is 277 g/mol. The van der Waals surface area contributed by atoms with E-state index in [9.17, 15) is 22.9 Å². The number of nitro benzene ring substituents is 1. The first-order chi connectivity index (χ1) is 8.80. The lowest BCUT2D eigenvalue weighted by molar-refractivity contribution is -0.387. The number of rotatable bonds is 5. The van der Waals surface area contributed by atoms with Gasteiger partial charge in [-0.25, -0.2) is 8.42 Å². The van der Waals surface area contributed by atoms with Crippen molar-refractivity contribution in [2.75, 3.05) is 13.6 Å². The van der Waals surface area contributed by atoms with Crippen LogP contribution in [0.4, 0.5) is 10.1 Å². The molecule has 0 heterocycles. The maximum atomic E-state index is 13.4. The maximum absolute atomic E-state index is 13.4. The molecule has 1 aromatic carbocycles. The van der Waals surface area contributed by atoms with Crippen molar-refractivity contribution in [3.8, 4) is 6.07 Å². The Morgan fingerprint density at radius 1 is 1.53 bits per heavy atom. The van der Waals surface area contributed by atoms with Gasteiger partial charge in [0.15, 0.2) is 0 Å². The molecule has 0 aromatic heterocycles. The molecule has 0 unspecified atom stereocenters. The highest BCUT2D eigenvalue weighted by atomic mass is 32.2. The summed E-state index contributed by atoms with van der Waals surface area (Å²) in [4.78, 5) is 9.10. The lowest BCUT2D eigenvalue weighted by Crippen LogP contribution is -2.27. The monoisotopic (exact) mass is 287 g/mol. The zero-order chi connectivity index (χ0) is 14.6. The summed E-state index contributed by atoms with van der Waals surface area (Å²) in [6, 6.07) is 4.13. The number of nitrogens with zero attached hydrogens (tertiary/aromatic N) is 3. The molecule has 9 heteroatoms. The molecule has 19 heavy (non-hydrogen) atoms. The molecule has 0 spiro atoms. The summed E-state index contributed by atoms with van der Waals surface area (Å²) in [6.45, 7) is -0.0442. The van der Waals surface area contributed by atoms with Gasteiger partial charge in [0.05, 0.1) is 15.9 Å². The molecular formula is C10H10FN3O4S. The predicted molar refractivity (Wildman–Crippen MR) is 63.1 cm³/mol. The normalized spacial score (nSPS) is 11.3. The third kappa shape index (κ3) is 3.24. The number of halogens is 1. The highest BCUT2D eigenvalue weighted by Crippen LogP contribution is 2.22. The van der Waals surface area contributed by atoms with Gasteiger partial charge in [0.2, 0.25) is 15.8 Å². The number of sulfonamides is 1. The lowest BCUT2D eigenvalue weighted by atomic mass is 10.3. The van der Waals surface area contributed by atoms with Gasteiger partial charge in [-0.05, 0) is 6.07 Å². The Balaban J connectivity index is 3.13. The number of hydrogen-bond donors (Lipinski definition) is 0. The van der Waals surface area contributed by atoms with Crippen molar-refractivity contribution in [1.82, 2.24) is 4.31 Å².